The van der Waals surface area contributed by atoms with Crippen LogP contribution in [0, 0.1) is 0 Å². The Hall–Kier alpha value is -3.51. The van der Waals surface area contributed by atoms with Crippen molar-refractivity contribution in [3.63, 3.8) is 0 Å². The Morgan fingerprint density at radius 3 is 2.36 bits per heavy atom. The van der Waals surface area contributed by atoms with Crippen molar-refractivity contribution in [3.05, 3.63) is 94.8 Å². The van der Waals surface area contributed by atoms with E-state index in [-0.39, 0.29) is 17.3 Å². The second-order valence-corrected chi connectivity index (χ2v) is 6.58. The summed E-state index contributed by atoms with van der Waals surface area (Å²) in [6.45, 7) is 0. The number of aliphatic hydroxyl groups is 1. The molecule has 1 unspecified atom stereocenters. The molecule has 0 spiro atoms. The van der Waals surface area contributed by atoms with Gasteiger partial charge in [0.05, 0.1) is 11.6 Å². The topological polar surface area (TPSA) is 83.4 Å². The van der Waals surface area contributed by atoms with Crippen LogP contribution in [0.3, 0.4) is 0 Å². The largest absolute Gasteiger partial charge is 0.507 e. The van der Waals surface area contributed by atoms with Crippen molar-refractivity contribution in [3.8, 4) is 0 Å². The van der Waals surface area contributed by atoms with Crippen molar-refractivity contribution in [2.75, 3.05) is 4.90 Å². The summed E-state index contributed by atoms with van der Waals surface area (Å²) < 4.78 is 0. The molecule has 0 bridgehead atoms. The minimum Gasteiger partial charge on any atom is -0.507 e. The van der Waals surface area contributed by atoms with Crippen molar-refractivity contribution < 1.29 is 14.7 Å². The summed E-state index contributed by atoms with van der Waals surface area (Å²) in [6, 6.07) is 16.1. The highest BCUT2D eigenvalue weighted by Gasteiger charge is 2.48. The standard InChI is InChI=1S/C21H14ClN3O3/c22-15-9-4-8-14(12-15)17-16(18(26)13-6-2-1-3-7-13)19(27)20(28)25(17)21-23-10-5-11-24-21/h1-12,17,26H/b18-16+. The molecule has 1 atom stereocenters. The minimum atomic E-state index is -0.902. The second kappa shape index (κ2) is 7.25. The van der Waals surface area contributed by atoms with Gasteiger partial charge in [0.2, 0.25) is 5.95 Å². The third-order valence-electron chi connectivity index (χ3n) is 4.42. The van der Waals surface area contributed by atoms with Gasteiger partial charge in [0, 0.05) is 23.0 Å². The van der Waals surface area contributed by atoms with Gasteiger partial charge in [-0.1, -0.05) is 54.1 Å². The summed E-state index contributed by atoms with van der Waals surface area (Å²) in [5, 5.41) is 11.3. The van der Waals surface area contributed by atoms with Gasteiger partial charge in [0.25, 0.3) is 5.78 Å². The smallest absolute Gasteiger partial charge is 0.302 e. The van der Waals surface area contributed by atoms with Crippen molar-refractivity contribution in [2.24, 2.45) is 0 Å². The lowest BCUT2D eigenvalue weighted by molar-refractivity contribution is -0.132. The zero-order chi connectivity index (χ0) is 19.7. The molecule has 1 aromatic heterocycles. The summed E-state index contributed by atoms with van der Waals surface area (Å²) >= 11 is 6.14. The van der Waals surface area contributed by atoms with E-state index in [4.69, 9.17) is 11.6 Å². The Labute approximate surface area is 165 Å². The van der Waals surface area contributed by atoms with Crippen LogP contribution in [-0.4, -0.2) is 26.8 Å². The van der Waals surface area contributed by atoms with Crippen LogP contribution in [0.15, 0.2) is 78.6 Å². The molecule has 1 saturated heterocycles. The molecule has 0 radical (unpaired) electrons. The first-order chi connectivity index (χ1) is 13.6. The lowest BCUT2D eigenvalue weighted by Gasteiger charge is -2.23. The highest BCUT2D eigenvalue weighted by atomic mass is 35.5. The van der Waals surface area contributed by atoms with Gasteiger partial charge in [0.1, 0.15) is 5.76 Å². The number of ketones is 1. The fraction of sp³-hybridized carbons (Fsp3) is 0.0476. The number of Topliss-reactive ketones (excluding diaryl/α,β-unsaturated/α-hetero) is 1. The van der Waals surface area contributed by atoms with Crippen LogP contribution >= 0.6 is 11.6 Å². The maximum atomic E-state index is 12.9. The maximum absolute atomic E-state index is 12.9. The number of rotatable bonds is 3. The number of carbonyl (C=O) groups is 2. The molecule has 1 amide bonds. The van der Waals surface area contributed by atoms with Crippen molar-refractivity contribution in [1.29, 1.82) is 0 Å². The molecule has 1 aliphatic heterocycles. The number of benzene rings is 2. The lowest BCUT2D eigenvalue weighted by Crippen LogP contribution is -2.31. The Bertz CT molecular complexity index is 1080. The zero-order valence-electron chi connectivity index (χ0n) is 14.5. The summed E-state index contributed by atoms with van der Waals surface area (Å²) in [5.74, 6) is -1.81. The predicted octanol–water partition coefficient (Wildman–Crippen LogP) is 3.76. The van der Waals surface area contributed by atoms with E-state index >= 15 is 0 Å². The number of hydrogen-bond acceptors (Lipinski definition) is 5. The molecule has 7 heteroatoms. The molecule has 1 N–H and O–H groups in total. The Morgan fingerprint density at radius 2 is 1.68 bits per heavy atom. The number of amides is 1. The Kier molecular flexibility index (Phi) is 4.63. The summed E-state index contributed by atoms with van der Waals surface area (Å²) in [7, 11) is 0. The number of halogens is 1. The van der Waals surface area contributed by atoms with Gasteiger partial charge in [-0.05, 0) is 23.8 Å². The SMILES string of the molecule is O=C1C(=O)N(c2ncccn2)C(c2cccc(Cl)c2)/C1=C(\O)c1ccccc1. The number of aromatic nitrogens is 2. The van der Waals surface area contributed by atoms with Crippen molar-refractivity contribution in [1.82, 2.24) is 9.97 Å². The van der Waals surface area contributed by atoms with Crippen molar-refractivity contribution in [2.45, 2.75) is 6.04 Å². The van der Waals surface area contributed by atoms with Crippen LogP contribution in [0.5, 0.6) is 0 Å². The number of aliphatic hydroxyl groups excluding tert-OH is 1. The lowest BCUT2D eigenvalue weighted by atomic mass is 9.95. The van der Waals surface area contributed by atoms with Crippen LogP contribution in [0.1, 0.15) is 17.2 Å². The first-order valence-electron chi connectivity index (χ1n) is 8.47. The number of anilines is 1. The molecule has 2 aromatic carbocycles. The molecule has 0 aliphatic carbocycles. The van der Waals surface area contributed by atoms with E-state index in [0.29, 0.717) is 16.1 Å². The molecular formula is C21H14ClN3O3. The predicted molar refractivity (Wildman–Crippen MR) is 105 cm³/mol. The van der Waals surface area contributed by atoms with Crippen LogP contribution in [0.2, 0.25) is 5.02 Å². The molecule has 3 aromatic rings. The van der Waals surface area contributed by atoms with Gasteiger partial charge in [0.15, 0.2) is 0 Å². The normalized spacial score (nSPS) is 18.5. The van der Waals surface area contributed by atoms with Gasteiger partial charge in [-0.3, -0.25) is 14.5 Å². The van der Waals surface area contributed by atoms with E-state index in [2.05, 4.69) is 9.97 Å². The van der Waals surface area contributed by atoms with E-state index in [1.165, 1.54) is 17.3 Å². The second-order valence-electron chi connectivity index (χ2n) is 6.14. The van der Waals surface area contributed by atoms with E-state index < -0.39 is 17.7 Å². The molecule has 1 fully saturated rings. The Balaban J connectivity index is 1.96. The maximum Gasteiger partial charge on any atom is 0.302 e. The van der Waals surface area contributed by atoms with Crippen molar-refractivity contribution >= 4 is 35.0 Å². The molecule has 28 heavy (non-hydrogen) atoms. The highest BCUT2D eigenvalue weighted by molar-refractivity contribution is 6.51. The highest BCUT2D eigenvalue weighted by Crippen LogP contribution is 2.41. The third kappa shape index (κ3) is 3.04. The summed E-state index contributed by atoms with van der Waals surface area (Å²) in [5.41, 5.74) is 0.962. The molecule has 138 valence electrons. The monoisotopic (exact) mass is 391 g/mol. The van der Waals surface area contributed by atoms with Gasteiger partial charge < -0.3 is 5.11 Å². The van der Waals surface area contributed by atoms with E-state index in [9.17, 15) is 14.7 Å². The van der Waals surface area contributed by atoms with E-state index in [1.54, 1.807) is 60.7 Å². The molecule has 1 aliphatic rings. The van der Waals surface area contributed by atoms with Crippen LogP contribution in [-0.2, 0) is 9.59 Å². The number of carbonyl (C=O) groups excluding carboxylic acids is 2. The fourth-order valence-corrected chi connectivity index (χ4v) is 3.40. The number of hydrogen-bond donors (Lipinski definition) is 1. The minimum absolute atomic E-state index is 0.0362. The van der Waals surface area contributed by atoms with E-state index in [1.807, 2.05) is 0 Å². The fourth-order valence-electron chi connectivity index (χ4n) is 3.20. The molecule has 4 rings (SSSR count). The van der Waals surface area contributed by atoms with Gasteiger partial charge in [-0.15, -0.1) is 0 Å². The Morgan fingerprint density at radius 1 is 0.964 bits per heavy atom. The molecule has 2 heterocycles. The summed E-state index contributed by atoms with van der Waals surface area (Å²) in [6.07, 6.45) is 2.96. The van der Waals surface area contributed by atoms with Crippen LogP contribution in [0.25, 0.3) is 5.76 Å². The molecule has 0 saturated carbocycles. The van der Waals surface area contributed by atoms with Gasteiger partial charge in [-0.2, -0.15) is 0 Å². The third-order valence-corrected chi connectivity index (χ3v) is 4.66. The molecular weight excluding hydrogens is 378 g/mol. The van der Waals surface area contributed by atoms with Crippen LogP contribution < -0.4 is 4.90 Å². The average Bonchev–Trinajstić information content (AvgIpc) is 3.00. The molecule has 6 nitrogen and oxygen atoms in total. The zero-order valence-corrected chi connectivity index (χ0v) is 15.2. The first kappa shape index (κ1) is 17.9. The quantitative estimate of drug-likeness (QED) is 0.417. The average molecular weight is 392 g/mol. The van der Waals surface area contributed by atoms with Gasteiger partial charge in [-0.25, -0.2) is 9.97 Å². The summed E-state index contributed by atoms with van der Waals surface area (Å²) in [4.78, 5) is 35.1. The first-order valence-corrected chi connectivity index (χ1v) is 8.84. The van der Waals surface area contributed by atoms with E-state index in [0.717, 1.165) is 0 Å². The van der Waals surface area contributed by atoms with Crippen LogP contribution in [0.4, 0.5) is 5.95 Å². The van der Waals surface area contributed by atoms with Gasteiger partial charge >= 0.3 is 5.91 Å². The number of nitrogens with zero attached hydrogens (tertiary/aromatic N) is 3.